The van der Waals surface area contributed by atoms with Gasteiger partial charge in [0, 0.05) is 12.1 Å². The second kappa shape index (κ2) is 7.74. The summed E-state index contributed by atoms with van der Waals surface area (Å²) in [6, 6.07) is 0.339. The molecule has 1 heterocycles. The standard InChI is InChI=1S/C14H28N2O2/c1-10(2)13(14(17)18)16-11(3)9-12-7-5-4-6-8-15-12/h10-13,15-16H,4-9H2,1-3H3,(H,17,18). The number of aliphatic carboxylic acids is 1. The van der Waals surface area contributed by atoms with Gasteiger partial charge in [0.15, 0.2) is 0 Å². The Morgan fingerprint density at radius 1 is 1.33 bits per heavy atom. The van der Waals surface area contributed by atoms with Crippen LogP contribution in [-0.2, 0) is 4.79 Å². The quantitative estimate of drug-likeness (QED) is 0.680. The van der Waals surface area contributed by atoms with Crippen LogP contribution in [0.1, 0.15) is 52.9 Å². The van der Waals surface area contributed by atoms with Crippen molar-refractivity contribution in [3.05, 3.63) is 0 Å². The van der Waals surface area contributed by atoms with Crippen molar-refractivity contribution in [3.63, 3.8) is 0 Å². The average molecular weight is 256 g/mol. The molecule has 1 saturated heterocycles. The molecule has 18 heavy (non-hydrogen) atoms. The van der Waals surface area contributed by atoms with Crippen molar-refractivity contribution in [2.45, 2.75) is 71.0 Å². The maximum atomic E-state index is 11.1. The van der Waals surface area contributed by atoms with E-state index in [0.29, 0.717) is 6.04 Å². The van der Waals surface area contributed by atoms with Crippen LogP contribution in [0.2, 0.25) is 0 Å². The topological polar surface area (TPSA) is 61.4 Å². The maximum Gasteiger partial charge on any atom is 0.320 e. The van der Waals surface area contributed by atoms with E-state index < -0.39 is 12.0 Å². The first-order valence-corrected chi connectivity index (χ1v) is 7.23. The van der Waals surface area contributed by atoms with Gasteiger partial charge in [-0.25, -0.2) is 0 Å². The lowest BCUT2D eigenvalue weighted by molar-refractivity contribution is -0.140. The van der Waals surface area contributed by atoms with Crippen molar-refractivity contribution < 1.29 is 9.90 Å². The molecule has 3 unspecified atom stereocenters. The summed E-state index contributed by atoms with van der Waals surface area (Å²) >= 11 is 0. The van der Waals surface area contributed by atoms with Crippen LogP contribution in [0.25, 0.3) is 0 Å². The smallest absolute Gasteiger partial charge is 0.320 e. The predicted octanol–water partition coefficient (Wildman–Crippen LogP) is 2.00. The van der Waals surface area contributed by atoms with Crippen molar-refractivity contribution in [1.82, 2.24) is 10.6 Å². The Hall–Kier alpha value is -0.610. The highest BCUT2D eigenvalue weighted by molar-refractivity contribution is 5.73. The number of carbonyl (C=O) groups is 1. The van der Waals surface area contributed by atoms with Crippen molar-refractivity contribution >= 4 is 5.97 Å². The molecule has 0 aliphatic carbocycles. The van der Waals surface area contributed by atoms with E-state index in [1.54, 1.807) is 0 Å². The molecule has 3 N–H and O–H groups in total. The van der Waals surface area contributed by atoms with Gasteiger partial charge in [-0.1, -0.05) is 26.7 Å². The zero-order chi connectivity index (χ0) is 13.5. The highest BCUT2D eigenvalue weighted by Crippen LogP contribution is 2.13. The molecule has 0 aromatic heterocycles. The first-order valence-electron chi connectivity index (χ1n) is 7.23. The molecule has 0 amide bonds. The lowest BCUT2D eigenvalue weighted by Crippen LogP contribution is -2.47. The summed E-state index contributed by atoms with van der Waals surface area (Å²) in [6.07, 6.45) is 6.09. The van der Waals surface area contributed by atoms with Crippen LogP contribution in [0.5, 0.6) is 0 Å². The molecule has 0 radical (unpaired) electrons. The van der Waals surface area contributed by atoms with Crippen LogP contribution in [-0.4, -0.2) is 35.7 Å². The highest BCUT2D eigenvalue weighted by Gasteiger charge is 2.24. The van der Waals surface area contributed by atoms with Crippen LogP contribution in [0.4, 0.5) is 0 Å². The van der Waals surface area contributed by atoms with Gasteiger partial charge in [0.05, 0.1) is 0 Å². The summed E-state index contributed by atoms with van der Waals surface area (Å²) in [7, 11) is 0. The lowest BCUT2D eigenvalue weighted by atomic mass is 9.99. The van der Waals surface area contributed by atoms with Crippen molar-refractivity contribution in [2.24, 2.45) is 5.92 Å². The van der Waals surface area contributed by atoms with Crippen molar-refractivity contribution in [1.29, 1.82) is 0 Å². The number of hydrogen-bond donors (Lipinski definition) is 3. The van der Waals surface area contributed by atoms with Gasteiger partial charge < -0.3 is 15.7 Å². The second-order valence-electron chi connectivity index (χ2n) is 5.86. The fraction of sp³-hybridized carbons (Fsp3) is 0.929. The molecule has 3 atom stereocenters. The van der Waals surface area contributed by atoms with E-state index in [1.807, 2.05) is 13.8 Å². The third-order valence-electron chi connectivity index (χ3n) is 3.70. The van der Waals surface area contributed by atoms with Gasteiger partial charge >= 0.3 is 5.97 Å². The SMILES string of the molecule is CC(CC1CCCCCN1)NC(C(=O)O)C(C)C. The van der Waals surface area contributed by atoms with Gasteiger partial charge in [-0.2, -0.15) is 0 Å². The minimum Gasteiger partial charge on any atom is -0.480 e. The van der Waals surface area contributed by atoms with Crippen LogP contribution in [0.3, 0.4) is 0 Å². The summed E-state index contributed by atoms with van der Waals surface area (Å²) in [5.41, 5.74) is 0. The van der Waals surface area contributed by atoms with E-state index in [1.165, 1.54) is 25.7 Å². The number of hydrogen-bond acceptors (Lipinski definition) is 3. The van der Waals surface area contributed by atoms with Gasteiger partial charge in [-0.05, 0) is 38.6 Å². The van der Waals surface area contributed by atoms with Gasteiger partial charge in [0.1, 0.15) is 6.04 Å². The van der Waals surface area contributed by atoms with Gasteiger partial charge in [-0.15, -0.1) is 0 Å². The Kier molecular flexibility index (Phi) is 6.65. The molecule has 1 aliphatic rings. The molecule has 0 saturated carbocycles. The molecule has 106 valence electrons. The molecule has 4 heteroatoms. The molecular weight excluding hydrogens is 228 g/mol. The number of rotatable bonds is 6. The van der Waals surface area contributed by atoms with E-state index >= 15 is 0 Å². The Morgan fingerprint density at radius 3 is 2.67 bits per heavy atom. The maximum absolute atomic E-state index is 11.1. The zero-order valence-corrected chi connectivity index (χ0v) is 11.9. The minimum absolute atomic E-state index is 0.118. The van der Waals surface area contributed by atoms with Crippen LogP contribution >= 0.6 is 0 Å². The summed E-state index contributed by atoms with van der Waals surface area (Å²) in [6.45, 7) is 7.08. The third kappa shape index (κ3) is 5.36. The molecule has 4 nitrogen and oxygen atoms in total. The van der Waals surface area contributed by atoms with Crippen molar-refractivity contribution in [3.8, 4) is 0 Å². The zero-order valence-electron chi connectivity index (χ0n) is 11.9. The summed E-state index contributed by atoms with van der Waals surface area (Å²) in [5, 5.41) is 16.0. The molecular formula is C14H28N2O2. The molecule has 1 aliphatic heterocycles. The third-order valence-corrected chi connectivity index (χ3v) is 3.70. The Morgan fingerprint density at radius 2 is 2.06 bits per heavy atom. The molecule has 0 aromatic rings. The molecule has 1 rings (SSSR count). The first-order chi connectivity index (χ1) is 8.50. The number of nitrogens with one attached hydrogen (secondary N) is 2. The van der Waals surface area contributed by atoms with E-state index in [2.05, 4.69) is 17.6 Å². The Labute approximate surface area is 111 Å². The van der Waals surface area contributed by atoms with E-state index in [-0.39, 0.29) is 12.0 Å². The Balaban J connectivity index is 2.38. The fourth-order valence-electron chi connectivity index (χ4n) is 2.65. The summed E-state index contributed by atoms with van der Waals surface area (Å²) in [5.74, 6) is -0.627. The number of carboxylic acids is 1. The fourth-order valence-corrected chi connectivity index (χ4v) is 2.65. The largest absolute Gasteiger partial charge is 0.480 e. The Bertz CT molecular complexity index is 248. The average Bonchev–Trinajstić information content (AvgIpc) is 2.53. The normalized spacial score (nSPS) is 24.6. The summed E-state index contributed by atoms with van der Waals surface area (Å²) in [4.78, 5) is 11.1. The molecule has 0 aromatic carbocycles. The second-order valence-corrected chi connectivity index (χ2v) is 5.86. The summed E-state index contributed by atoms with van der Waals surface area (Å²) < 4.78 is 0. The van der Waals surface area contributed by atoms with E-state index in [9.17, 15) is 4.79 Å². The van der Waals surface area contributed by atoms with E-state index in [0.717, 1.165) is 13.0 Å². The first kappa shape index (κ1) is 15.4. The van der Waals surface area contributed by atoms with Gasteiger partial charge in [0.25, 0.3) is 0 Å². The van der Waals surface area contributed by atoms with Crippen LogP contribution in [0, 0.1) is 5.92 Å². The van der Waals surface area contributed by atoms with E-state index in [4.69, 9.17) is 5.11 Å². The molecule has 0 spiro atoms. The van der Waals surface area contributed by atoms with Crippen LogP contribution < -0.4 is 10.6 Å². The van der Waals surface area contributed by atoms with Crippen LogP contribution in [0.15, 0.2) is 0 Å². The number of carboxylic acid groups (broad SMARTS) is 1. The highest BCUT2D eigenvalue weighted by atomic mass is 16.4. The molecule has 1 fully saturated rings. The lowest BCUT2D eigenvalue weighted by Gasteiger charge is -2.26. The molecule has 0 bridgehead atoms. The monoisotopic (exact) mass is 256 g/mol. The van der Waals surface area contributed by atoms with Gasteiger partial charge in [-0.3, -0.25) is 4.79 Å². The van der Waals surface area contributed by atoms with Gasteiger partial charge in [0.2, 0.25) is 0 Å². The minimum atomic E-state index is -0.745. The van der Waals surface area contributed by atoms with Crippen molar-refractivity contribution in [2.75, 3.05) is 6.54 Å². The predicted molar refractivity (Wildman–Crippen MR) is 73.7 cm³/mol.